The Labute approximate surface area is 222 Å². The van der Waals surface area contributed by atoms with E-state index >= 15 is 0 Å². The number of rotatable bonds is 10. The van der Waals surface area contributed by atoms with Crippen molar-refractivity contribution < 1.29 is 33.6 Å². The number of carbonyl (C=O) groups excluding carboxylic acids is 2. The number of hydrogen-bond donors (Lipinski definition) is 1. The lowest BCUT2D eigenvalue weighted by atomic mass is 9.94. The summed E-state index contributed by atoms with van der Waals surface area (Å²) in [4.78, 5) is 28.4. The fourth-order valence-corrected chi connectivity index (χ4v) is 4.44. The number of amides is 1. The SMILES string of the molecule is CCCOc1ccc(/C(O)=C2/C(=O)C(=O)N(c3ccccc3OC)C2c2ccc(OC)c(OCC)c2)cc1. The largest absolute Gasteiger partial charge is 0.507 e. The van der Waals surface area contributed by atoms with E-state index in [0.29, 0.717) is 53.0 Å². The third kappa shape index (κ3) is 5.02. The van der Waals surface area contributed by atoms with Gasteiger partial charge in [-0.15, -0.1) is 0 Å². The molecule has 3 aromatic rings. The van der Waals surface area contributed by atoms with Crippen LogP contribution >= 0.6 is 0 Å². The highest BCUT2D eigenvalue weighted by atomic mass is 16.5. The molecule has 1 aliphatic heterocycles. The molecule has 3 aromatic carbocycles. The summed E-state index contributed by atoms with van der Waals surface area (Å²) in [7, 11) is 3.03. The van der Waals surface area contributed by atoms with Crippen molar-refractivity contribution in [1.82, 2.24) is 0 Å². The summed E-state index contributed by atoms with van der Waals surface area (Å²) in [6.07, 6.45) is 0.861. The smallest absolute Gasteiger partial charge is 0.300 e. The van der Waals surface area contributed by atoms with E-state index < -0.39 is 17.7 Å². The third-order valence-electron chi connectivity index (χ3n) is 6.19. The highest BCUT2D eigenvalue weighted by Crippen LogP contribution is 2.46. The molecule has 0 spiro atoms. The first-order chi connectivity index (χ1) is 18.4. The van der Waals surface area contributed by atoms with Crippen molar-refractivity contribution in [2.45, 2.75) is 26.3 Å². The first-order valence-electron chi connectivity index (χ1n) is 12.4. The molecule has 4 rings (SSSR count). The van der Waals surface area contributed by atoms with Crippen LogP contribution in [0.4, 0.5) is 5.69 Å². The topological polar surface area (TPSA) is 94.5 Å². The highest BCUT2D eigenvalue weighted by Gasteiger charge is 2.48. The molecule has 0 aromatic heterocycles. The summed E-state index contributed by atoms with van der Waals surface area (Å²) in [5.41, 5.74) is 1.30. The Morgan fingerprint density at radius 3 is 2.24 bits per heavy atom. The van der Waals surface area contributed by atoms with Crippen LogP contribution in [0.2, 0.25) is 0 Å². The van der Waals surface area contributed by atoms with Crippen molar-refractivity contribution in [3.63, 3.8) is 0 Å². The molecule has 1 unspecified atom stereocenters. The number of aliphatic hydroxyl groups excluding tert-OH is 1. The minimum absolute atomic E-state index is 0.0456. The van der Waals surface area contributed by atoms with Gasteiger partial charge in [0.05, 0.1) is 44.7 Å². The van der Waals surface area contributed by atoms with Gasteiger partial charge in [0.25, 0.3) is 11.7 Å². The lowest BCUT2D eigenvalue weighted by Crippen LogP contribution is -2.29. The molecule has 0 bridgehead atoms. The van der Waals surface area contributed by atoms with Crippen molar-refractivity contribution in [3.05, 3.63) is 83.4 Å². The number of Topliss-reactive ketones (excluding diaryl/α,β-unsaturated/α-hetero) is 1. The van der Waals surface area contributed by atoms with Crippen molar-refractivity contribution in [1.29, 1.82) is 0 Å². The Bertz CT molecular complexity index is 1350. The Balaban J connectivity index is 1.91. The van der Waals surface area contributed by atoms with Crippen LogP contribution in [0.15, 0.2) is 72.3 Å². The van der Waals surface area contributed by atoms with E-state index in [0.717, 1.165) is 6.42 Å². The van der Waals surface area contributed by atoms with Gasteiger partial charge < -0.3 is 24.1 Å². The average molecular weight is 518 g/mol. The molecule has 1 aliphatic rings. The number of ether oxygens (including phenoxy) is 4. The molecule has 0 radical (unpaired) electrons. The maximum absolute atomic E-state index is 13.5. The Kier molecular flexibility index (Phi) is 8.21. The first kappa shape index (κ1) is 26.6. The first-order valence-corrected chi connectivity index (χ1v) is 12.4. The van der Waals surface area contributed by atoms with E-state index in [4.69, 9.17) is 18.9 Å². The number of para-hydroxylation sites is 2. The van der Waals surface area contributed by atoms with Gasteiger partial charge in [-0.05, 0) is 67.4 Å². The van der Waals surface area contributed by atoms with E-state index in [2.05, 4.69) is 0 Å². The van der Waals surface area contributed by atoms with Crippen LogP contribution in [0.5, 0.6) is 23.0 Å². The van der Waals surface area contributed by atoms with Crippen LogP contribution in [0.25, 0.3) is 5.76 Å². The van der Waals surface area contributed by atoms with Crippen LogP contribution in [-0.2, 0) is 9.59 Å². The fraction of sp³-hybridized carbons (Fsp3) is 0.267. The Morgan fingerprint density at radius 1 is 0.868 bits per heavy atom. The van der Waals surface area contributed by atoms with Crippen LogP contribution in [0.1, 0.15) is 37.4 Å². The molecule has 8 heteroatoms. The van der Waals surface area contributed by atoms with Crippen LogP contribution in [0.3, 0.4) is 0 Å². The summed E-state index contributed by atoms with van der Waals surface area (Å²) in [6.45, 7) is 4.81. The molecule has 1 heterocycles. The zero-order chi connectivity index (χ0) is 27.2. The minimum Gasteiger partial charge on any atom is -0.507 e. The van der Waals surface area contributed by atoms with E-state index in [1.165, 1.54) is 19.1 Å². The number of hydrogen-bond acceptors (Lipinski definition) is 7. The second-order valence-corrected chi connectivity index (χ2v) is 8.56. The number of benzene rings is 3. The number of aliphatic hydroxyl groups is 1. The van der Waals surface area contributed by atoms with E-state index in [9.17, 15) is 14.7 Å². The van der Waals surface area contributed by atoms with Crippen LogP contribution in [-0.4, -0.2) is 44.2 Å². The van der Waals surface area contributed by atoms with Gasteiger partial charge in [-0.1, -0.05) is 25.1 Å². The van der Waals surface area contributed by atoms with Gasteiger partial charge in [-0.2, -0.15) is 0 Å². The van der Waals surface area contributed by atoms with E-state index in [1.807, 2.05) is 13.8 Å². The number of methoxy groups -OCH3 is 2. The highest BCUT2D eigenvalue weighted by molar-refractivity contribution is 6.52. The molecule has 1 saturated heterocycles. The quantitative estimate of drug-likeness (QED) is 0.215. The molecule has 0 aliphatic carbocycles. The second-order valence-electron chi connectivity index (χ2n) is 8.56. The molecule has 198 valence electrons. The van der Waals surface area contributed by atoms with Gasteiger partial charge >= 0.3 is 0 Å². The Hall–Kier alpha value is -4.46. The zero-order valence-electron chi connectivity index (χ0n) is 21.9. The molecule has 0 saturated carbocycles. The molecule has 8 nitrogen and oxygen atoms in total. The summed E-state index contributed by atoms with van der Waals surface area (Å²) in [6, 6.07) is 17.9. The van der Waals surface area contributed by atoms with Crippen LogP contribution in [0, 0.1) is 0 Å². The predicted molar refractivity (Wildman–Crippen MR) is 144 cm³/mol. The van der Waals surface area contributed by atoms with Gasteiger partial charge in [0.15, 0.2) is 11.5 Å². The van der Waals surface area contributed by atoms with Gasteiger partial charge in [0.2, 0.25) is 0 Å². The van der Waals surface area contributed by atoms with Crippen molar-refractivity contribution in [2.75, 3.05) is 32.3 Å². The average Bonchev–Trinajstić information content (AvgIpc) is 3.21. The van der Waals surface area contributed by atoms with Crippen molar-refractivity contribution in [3.8, 4) is 23.0 Å². The van der Waals surface area contributed by atoms with Crippen molar-refractivity contribution in [2.24, 2.45) is 0 Å². The minimum atomic E-state index is -0.951. The molecule has 1 fully saturated rings. The second kappa shape index (κ2) is 11.7. The third-order valence-corrected chi connectivity index (χ3v) is 6.19. The Morgan fingerprint density at radius 2 is 1.58 bits per heavy atom. The summed E-state index contributed by atoms with van der Waals surface area (Å²) >= 11 is 0. The molecule has 1 atom stereocenters. The maximum Gasteiger partial charge on any atom is 0.300 e. The lowest BCUT2D eigenvalue weighted by Gasteiger charge is -2.27. The standard InChI is InChI=1S/C30H31NO7/c1-5-17-38-21-14-11-19(12-15-21)28(32)26-27(20-13-16-24(36-4)25(18-20)37-6-2)31(30(34)29(26)33)22-9-7-8-10-23(22)35-3/h7-16,18,27,32H,5-6,17H2,1-4H3/b28-26-. The summed E-state index contributed by atoms with van der Waals surface area (Å²) in [5, 5.41) is 11.4. The van der Waals surface area contributed by atoms with E-state index in [-0.39, 0.29) is 11.3 Å². The van der Waals surface area contributed by atoms with Crippen molar-refractivity contribution >= 4 is 23.1 Å². The number of anilines is 1. The van der Waals surface area contributed by atoms with Gasteiger partial charge in [0, 0.05) is 5.56 Å². The molecular formula is C30H31NO7. The van der Waals surface area contributed by atoms with E-state index in [1.54, 1.807) is 66.7 Å². The molecule has 1 N–H and O–H groups in total. The molecule has 38 heavy (non-hydrogen) atoms. The maximum atomic E-state index is 13.5. The molecule has 1 amide bonds. The van der Waals surface area contributed by atoms with Gasteiger partial charge in [-0.3, -0.25) is 14.5 Å². The lowest BCUT2D eigenvalue weighted by molar-refractivity contribution is -0.132. The number of carbonyl (C=O) groups is 2. The summed E-state index contributed by atoms with van der Waals surface area (Å²) in [5.74, 6) is 0.141. The van der Waals surface area contributed by atoms with Gasteiger partial charge in [0.1, 0.15) is 17.3 Å². The van der Waals surface area contributed by atoms with Crippen LogP contribution < -0.4 is 23.8 Å². The fourth-order valence-electron chi connectivity index (χ4n) is 4.44. The van der Waals surface area contributed by atoms with Gasteiger partial charge in [-0.25, -0.2) is 0 Å². The normalized spacial score (nSPS) is 16.4. The monoisotopic (exact) mass is 517 g/mol. The number of nitrogens with zero attached hydrogens (tertiary/aromatic N) is 1. The predicted octanol–water partition coefficient (Wildman–Crippen LogP) is 5.52. The summed E-state index contributed by atoms with van der Waals surface area (Å²) < 4.78 is 22.3. The zero-order valence-corrected chi connectivity index (χ0v) is 21.9. The number of ketones is 1. The molecular weight excluding hydrogens is 486 g/mol.